The molecule has 1 aromatic heterocycles. The number of methoxy groups -OCH3 is 2. The van der Waals surface area contributed by atoms with Crippen LogP contribution in [0.4, 0.5) is 0 Å². The average Bonchev–Trinajstić information content (AvgIpc) is 3.15. The number of aromatic nitrogens is 2. The van der Waals surface area contributed by atoms with Crippen LogP contribution in [-0.4, -0.2) is 31.0 Å². The first-order valence-electron chi connectivity index (χ1n) is 8.14. The summed E-state index contributed by atoms with van der Waals surface area (Å²) in [6.45, 7) is 2.61. The van der Waals surface area contributed by atoms with Crippen molar-refractivity contribution in [3.63, 3.8) is 0 Å². The minimum Gasteiger partial charge on any atom is -0.497 e. The van der Waals surface area contributed by atoms with E-state index in [1.54, 1.807) is 20.3 Å². The number of rotatable bonds is 8. The van der Waals surface area contributed by atoms with Gasteiger partial charge in [-0.05, 0) is 31.2 Å². The third-order valence-electron chi connectivity index (χ3n) is 3.62. The van der Waals surface area contributed by atoms with Crippen molar-refractivity contribution in [2.24, 2.45) is 0 Å². The van der Waals surface area contributed by atoms with E-state index >= 15 is 0 Å². The molecule has 0 saturated heterocycles. The first-order valence-corrected chi connectivity index (χ1v) is 8.14. The van der Waals surface area contributed by atoms with Crippen LogP contribution in [0.5, 0.6) is 23.0 Å². The van der Waals surface area contributed by atoms with Gasteiger partial charge in [0.15, 0.2) is 18.1 Å². The zero-order valence-electron chi connectivity index (χ0n) is 14.9. The van der Waals surface area contributed by atoms with E-state index in [0.717, 1.165) is 0 Å². The molecule has 0 saturated carbocycles. The predicted molar refractivity (Wildman–Crippen MR) is 94.8 cm³/mol. The minimum atomic E-state index is 0.134. The van der Waals surface area contributed by atoms with E-state index in [4.69, 9.17) is 23.5 Å². The largest absolute Gasteiger partial charge is 0.497 e. The molecule has 0 amide bonds. The molecule has 0 fully saturated rings. The van der Waals surface area contributed by atoms with Gasteiger partial charge in [0.2, 0.25) is 5.82 Å². The van der Waals surface area contributed by atoms with Crippen LogP contribution in [0, 0.1) is 0 Å². The summed E-state index contributed by atoms with van der Waals surface area (Å²) in [5.41, 5.74) is 0.706. The Bertz CT molecular complexity index is 863. The van der Waals surface area contributed by atoms with Gasteiger partial charge < -0.3 is 23.5 Å². The first-order chi connectivity index (χ1) is 12.7. The van der Waals surface area contributed by atoms with Gasteiger partial charge in [-0.2, -0.15) is 4.98 Å². The lowest BCUT2D eigenvalue weighted by Crippen LogP contribution is -1.99. The molecular formula is C19H20N2O5. The van der Waals surface area contributed by atoms with E-state index < -0.39 is 0 Å². The fourth-order valence-corrected chi connectivity index (χ4v) is 2.39. The summed E-state index contributed by atoms with van der Waals surface area (Å²) in [6, 6.07) is 12.8. The number of para-hydroxylation sites is 2. The smallest absolute Gasteiger partial charge is 0.264 e. The zero-order chi connectivity index (χ0) is 18.4. The SMILES string of the molecule is CCOc1ccccc1OCc1nc(-c2ccc(OC)cc2OC)no1. The maximum absolute atomic E-state index is 5.75. The summed E-state index contributed by atoms with van der Waals surface area (Å²) in [6.07, 6.45) is 0. The highest BCUT2D eigenvalue weighted by atomic mass is 16.5. The lowest BCUT2D eigenvalue weighted by molar-refractivity contribution is 0.228. The van der Waals surface area contributed by atoms with Crippen molar-refractivity contribution in [2.75, 3.05) is 20.8 Å². The van der Waals surface area contributed by atoms with Crippen LogP contribution in [0.15, 0.2) is 47.0 Å². The maximum atomic E-state index is 5.75. The van der Waals surface area contributed by atoms with Crippen molar-refractivity contribution < 1.29 is 23.5 Å². The van der Waals surface area contributed by atoms with Crippen LogP contribution in [0.1, 0.15) is 12.8 Å². The summed E-state index contributed by atoms with van der Waals surface area (Å²) in [4.78, 5) is 4.37. The van der Waals surface area contributed by atoms with E-state index in [2.05, 4.69) is 10.1 Å². The summed E-state index contributed by atoms with van der Waals surface area (Å²) in [5.74, 6) is 3.34. The maximum Gasteiger partial charge on any atom is 0.264 e. The molecule has 7 heteroatoms. The van der Waals surface area contributed by atoms with Gasteiger partial charge in [-0.25, -0.2) is 0 Å². The van der Waals surface area contributed by atoms with Crippen molar-refractivity contribution >= 4 is 0 Å². The number of hydrogen-bond donors (Lipinski definition) is 0. The Morgan fingerprint density at radius 3 is 2.38 bits per heavy atom. The summed E-state index contributed by atoms with van der Waals surface area (Å²) in [7, 11) is 3.17. The number of benzene rings is 2. The van der Waals surface area contributed by atoms with Crippen LogP contribution in [0.25, 0.3) is 11.4 Å². The lowest BCUT2D eigenvalue weighted by atomic mass is 10.2. The first kappa shape index (κ1) is 17.6. The molecule has 0 N–H and O–H groups in total. The van der Waals surface area contributed by atoms with E-state index in [-0.39, 0.29) is 6.61 Å². The highest BCUT2D eigenvalue weighted by Gasteiger charge is 2.15. The highest BCUT2D eigenvalue weighted by molar-refractivity contribution is 5.65. The van der Waals surface area contributed by atoms with Crippen LogP contribution < -0.4 is 18.9 Å². The third kappa shape index (κ3) is 3.88. The van der Waals surface area contributed by atoms with Crippen LogP contribution in [0.2, 0.25) is 0 Å². The van der Waals surface area contributed by atoms with Gasteiger partial charge in [0.05, 0.1) is 26.4 Å². The van der Waals surface area contributed by atoms with Crippen LogP contribution in [0.3, 0.4) is 0 Å². The second-order valence-electron chi connectivity index (χ2n) is 5.25. The van der Waals surface area contributed by atoms with Crippen molar-refractivity contribution in [3.05, 3.63) is 48.4 Å². The molecule has 1 heterocycles. The predicted octanol–water partition coefficient (Wildman–Crippen LogP) is 3.73. The average molecular weight is 356 g/mol. The van der Waals surface area contributed by atoms with E-state index in [9.17, 15) is 0 Å². The molecule has 3 aromatic rings. The second kappa shape index (κ2) is 8.24. The van der Waals surface area contributed by atoms with Gasteiger partial charge in [-0.1, -0.05) is 17.3 Å². The molecule has 7 nitrogen and oxygen atoms in total. The molecule has 3 rings (SSSR count). The fourth-order valence-electron chi connectivity index (χ4n) is 2.39. The zero-order valence-corrected chi connectivity index (χ0v) is 14.9. The van der Waals surface area contributed by atoms with Crippen molar-refractivity contribution in [1.82, 2.24) is 10.1 Å². The summed E-state index contributed by atoms with van der Waals surface area (Å²) in [5, 5.41) is 4.00. The van der Waals surface area contributed by atoms with Gasteiger partial charge in [-0.15, -0.1) is 0 Å². The molecule has 0 bridgehead atoms. The standard InChI is InChI=1S/C19H20N2O5/c1-4-24-15-7-5-6-8-16(15)25-12-18-20-19(21-26-18)14-10-9-13(22-2)11-17(14)23-3/h5-11H,4,12H2,1-3H3. The monoisotopic (exact) mass is 356 g/mol. The molecule has 0 aliphatic carbocycles. The van der Waals surface area contributed by atoms with Gasteiger partial charge in [-0.3, -0.25) is 0 Å². The Kier molecular flexibility index (Phi) is 5.58. The normalized spacial score (nSPS) is 10.4. The number of nitrogens with zero attached hydrogens (tertiary/aromatic N) is 2. The van der Waals surface area contributed by atoms with Gasteiger partial charge in [0.25, 0.3) is 5.89 Å². The Morgan fingerprint density at radius 1 is 0.923 bits per heavy atom. The topological polar surface area (TPSA) is 75.8 Å². The molecule has 136 valence electrons. The summed E-state index contributed by atoms with van der Waals surface area (Å²) < 4.78 is 27.1. The molecule has 0 spiro atoms. The van der Waals surface area contributed by atoms with Gasteiger partial charge in [0.1, 0.15) is 11.5 Å². The fraction of sp³-hybridized carbons (Fsp3) is 0.263. The molecule has 0 unspecified atom stereocenters. The Morgan fingerprint density at radius 2 is 1.69 bits per heavy atom. The van der Waals surface area contributed by atoms with Crippen molar-refractivity contribution in [1.29, 1.82) is 0 Å². The Balaban J connectivity index is 1.75. The van der Waals surface area contributed by atoms with Crippen LogP contribution in [-0.2, 0) is 6.61 Å². The second-order valence-corrected chi connectivity index (χ2v) is 5.25. The van der Waals surface area contributed by atoms with Crippen molar-refractivity contribution in [3.8, 4) is 34.4 Å². The molecule has 0 aliphatic heterocycles. The molecular weight excluding hydrogens is 336 g/mol. The Labute approximate surface area is 151 Å². The van der Waals surface area contributed by atoms with Crippen molar-refractivity contribution in [2.45, 2.75) is 13.5 Å². The van der Waals surface area contributed by atoms with E-state index in [1.165, 1.54) is 0 Å². The quantitative estimate of drug-likeness (QED) is 0.608. The highest BCUT2D eigenvalue weighted by Crippen LogP contribution is 2.32. The molecule has 0 atom stereocenters. The lowest BCUT2D eigenvalue weighted by Gasteiger charge is -2.09. The Hall–Kier alpha value is -3.22. The number of ether oxygens (including phenoxy) is 4. The van der Waals surface area contributed by atoms with Crippen LogP contribution >= 0.6 is 0 Å². The molecule has 0 radical (unpaired) electrons. The summed E-state index contributed by atoms with van der Waals surface area (Å²) >= 11 is 0. The molecule has 2 aromatic carbocycles. The van der Waals surface area contributed by atoms with Gasteiger partial charge >= 0.3 is 0 Å². The molecule has 26 heavy (non-hydrogen) atoms. The molecule has 0 aliphatic rings. The van der Waals surface area contributed by atoms with E-state index in [1.807, 2.05) is 43.3 Å². The van der Waals surface area contributed by atoms with Gasteiger partial charge in [0, 0.05) is 6.07 Å². The van der Waals surface area contributed by atoms with E-state index in [0.29, 0.717) is 46.9 Å². The third-order valence-corrected chi connectivity index (χ3v) is 3.62. The number of hydrogen-bond acceptors (Lipinski definition) is 7. The minimum absolute atomic E-state index is 0.134.